The van der Waals surface area contributed by atoms with Crippen molar-refractivity contribution in [3.05, 3.63) is 72.2 Å². The molecule has 1 heterocycles. The van der Waals surface area contributed by atoms with Crippen molar-refractivity contribution in [3.8, 4) is 0 Å². The van der Waals surface area contributed by atoms with Crippen molar-refractivity contribution in [2.75, 3.05) is 0 Å². The van der Waals surface area contributed by atoms with Gasteiger partial charge in [-0.3, -0.25) is 4.79 Å². The summed E-state index contributed by atoms with van der Waals surface area (Å²) in [6, 6.07) is 16.2. The third-order valence-electron chi connectivity index (χ3n) is 3.76. The topological polar surface area (TPSA) is 42.2 Å². The summed E-state index contributed by atoms with van der Waals surface area (Å²) in [4.78, 5) is 12.3. The quantitative estimate of drug-likeness (QED) is 0.779. The highest BCUT2D eigenvalue weighted by atomic mass is 16.3. The molecule has 0 spiro atoms. The lowest BCUT2D eigenvalue weighted by molar-refractivity contribution is -0.121. The van der Waals surface area contributed by atoms with E-state index in [1.807, 2.05) is 37.3 Å². The second kappa shape index (κ2) is 6.48. The molecule has 1 atom stereocenters. The summed E-state index contributed by atoms with van der Waals surface area (Å²) in [6.07, 6.45) is 4.54. The van der Waals surface area contributed by atoms with Gasteiger partial charge in [0, 0.05) is 6.04 Å². The molecule has 22 heavy (non-hydrogen) atoms. The molecule has 0 fully saturated rings. The Morgan fingerprint density at radius 3 is 2.77 bits per heavy atom. The molecule has 1 unspecified atom stereocenters. The number of nitrogens with one attached hydrogen (secondary N) is 1. The van der Waals surface area contributed by atoms with E-state index < -0.39 is 0 Å². The standard InChI is InChI=1S/C19H19NO2/c1-14(11-15-9-10-22-13-15)20-19(21)12-17-7-4-6-16-5-2-3-8-18(16)17/h2-10,13-14H,11-12H2,1H3,(H,20,21). The van der Waals surface area contributed by atoms with Crippen LogP contribution in [0, 0.1) is 0 Å². The Morgan fingerprint density at radius 1 is 1.14 bits per heavy atom. The van der Waals surface area contributed by atoms with E-state index in [2.05, 4.69) is 23.5 Å². The first-order chi connectivity index (χ1) is 10.7. The molecule has 0 aliphatic rings. The minimum absolute atomic E-state index is 0.0485. The summed E-state index contributed by atoms with van der Waals surface area (Å²) in [5.74, 6) is 0.0485. The van der Waals surface area contributed by atoms with Gasteiger partial charge in [-0.25, -0.2) is 0 Å². The van der Waals surface area contributed by atoms with Gasteiger partial charge in [0.2, 0.25) is 5.91 Å². The molecule has 3 aromatic rings. The smallest absolute Gasteiger partial charge is 0.224 e. The zero-order chi connectivity index (χ0) is 15.4. The summed E-state index contributed by atoms with van der Waals surface area (Å²) >= 11 is 0. The molecule has 3 nitrogen and oxygen atoms in total. The highest BCUT2D eigenvalue weighted by Gasteiger charge is 2.11. The fraction of sp³-hybridized carbons (Fsp3) is 0.211. The van der Waals surface area contributed by atoms with Crippen LogP contribution in [-0.2, 0) is 17.6 Å². The molecule has 1 aromatic heterocycles. The maximum atomic E-state index is 12.3. The predicted octanol–water partition coefficient (Wildman–Crippen LogP) is 3.72. The van der Waals surface area contributed by atoms with Gasteiger partial charge in [0.15, 0.2) is 0 Å². The molecule has 0 radical (unpaired) electrons. The van der Waals surface area contributed by atoms with E-state index in [0.717, 1.165) is 22.9 Å². The summed E-state index contributed by atoms with van der Waals surface area (Å²) in [6.45, 7) is 2.01. The first-order valence-electron chi connectivity index (χ1n) is 7.49. The molecule has 0 aliphatic heterocycles. The van der Waals surface area contributed by atoms with Gasteiger partial charge in [-0.2, -0.15) is 0 Å². The lowest BCUT2D eigenvalue weighted by Crippen LogP contribution is -2.35. The van der Waals surface area contributed by atoms with Crippen molar-refractivity contribution >= 4 is 16.7 Å². The van der Waals surface area contributed by atoms with Crippen LogP contribution in [0.5, 0.6) is 0 Å². The highest BCUT2D eigenvalue weighted by molar-refractivity contribution is 5.90. The molecule has 2 aromatic carbocycles. The molecule has 0 saturated carbocycles. The number of hydrogen-bond donors (Lipinski definition) is 1. The largest absolute Gasteiger partial charge is 0.472 e. The predicted molar refractivity (Wildman–Crippen MR) is 87.7 cm³/mol. The van der Waals surface area contributed by atoms with Gasteiger partial charge in [-0.05, 0) is 41.3 Å². The third kappa shape index (κ3) is 3.37. The molecular formula is C19H19NO2. The Morgan fingerprint density at radius 2 is 1.95 bits per heavy atom. The molecule has 1 N–H and O–H groups in total. The van der Waals surface area contributed by atoms with Crippen molar-refractivity contribution in [2.45, 2.75) is 25.8 Å². The van der Waals surface area contributed by atoms with Gasteiger partial charge in [0.25, 0.3) is 0 Å². The van der Waals surface area contributed by atoms with Crippen molar-refractivity contribution < 1.29 is 9.21 Å². The molecule has 0 saturated heterocycles. The number of benzene rings is 2. The molecule has 112 valence electrons. The lowest BCUT2D eigenvalue weighted by Gasteiger charge is -2.13. The minimum Gasteiger partial charge on any atom is -0.472 e. The van der Waals surface area contributed by atoms with Crippen LogP contribution < -0.4 is 5.32 Å². The Labute approximate surface area is 130 Å². The summed E-state index contributed by atoms with van der Waals surface area (Å²) < 4.78 is 5.05. The molecule has 3 heteroatoms. The van der Waals surface area contributed by atoms with Gasteiger partial charge >= 0.3 is 0 Å². The summed E-state index contributed by atoms with van der Waals surface area (Å²) in [5, 5.41) is 5.36. The van der Waals surface area contributed by atoms with Gasteiger partial charge in [0.1, 0.15) is 0 Å². The van der Waals surface area contributed by atoms with Gasteiger partial charge in [0.05, 0.1) is 18.9 Å². The second-order valence-electron chi connectivity index (χ2n) is 5.62. The average Bonchev–Trinajstić information content (AvgIpc) is 3.00. The number of amides is 1. The fourth-order valence-electron chi connectivity index (χ4n) is 2.76. The van der Waals surface area contributed by atoms with E-state index >= 15 is 0 Å². The van der Waals surface area contributed by atoms with Crippen molar-refractivity contribution in [2.24, 2.45) is 0 Å². The van der Waals surface area contributed by atoms with Crippen LogP contribution in [0.3, 0.4) is 0 Å². The maximum absolute atomic E-state index is 12.3. The molecule has 3 rings (SSSR count). The zero-order valence-corrected chi connectivity index (χ0v) is 12.6. The highest BCUT2D eigenvalue weighted by Crippen LogP contribution is 2.18. The molecule has 1 amide bonds. The van der Waals surface area contributed by atoms with E-state index in [-0.39, 0.29) is 11.9 Å². The van der Waals surface area contributed by atoms with E-state index in [4.69, 9.17) is 4.42 Å². The minimum atomic E-state index is 0.0485. The lowest BCUT2D eigenvalue weighted by atomic mass is 10.0. The van der Waals surface area contributed by atoms with Crippen LogP contribution in [0.4, 0.5) is 0 Å². The number of carbonyl (C=O) groups is 1. The maximum Gasteiger partial charge on any atom is 0.224 e. The van der Waals surface area contributed by atoms with Gasteiger partial charge in [-0.1, -0.05) is 42.5 Å². The van der Waals surface area contributed by atoms with E-state index in [0.29, 0.717) is 6.42 Å². The average molecular weight is 293 g/mol. The van der Waals surface area contributed by atoms with Gasteiger partial charge in [-0.15, -0.1) is 0 Å². The second-order valence-corrected chi connectivity index (χ2v) is 5.62. The summed E-state index contributed by atoms with van der Waals surface area (Å²) in [5.41, 5.74) is 2.16. The number of furan rings is 1. The Balaban J connectivity index is 1.65. The number of carbonyl (C=O) groups excluding carboxylic acids is 1. The Bertz CT molecular complexity index is 757. The van der Waals surface area contributed by atoms with Crippen LogP contribution in [0.15, 0.2) is 65.5 Å². The Hall–Kier alpha value is -2.55. The monoisotopic (exact) mass is 293 g/mol. The SMILES string of the molecule is CC(Cc1ccoc1)NC(=O)Cc1cccc2ccccc12. The number of hydrogen-bond acceptors (Lipinski definition) is 2. The van der Waals surface area contributed by atoms with Crippen LogP contribution in [0.2, 0.25) is 0 Å². The van der Waals surface area contributed by atoms with Crippen LogP contribution in [0.1, 0.15) is 18.1 Å². The Kier molecular flexibility index (Phi) is 4.24. The first-order valence-corrected chi connectivity index (χ1v) is 7.49. The van der Waals surface area contributed by atoms with E-state index in [9.17, 15) is 4.79 Å². The van der Waals surface area contributed by atoms with Crippen LogP contribution >= 0.6 is 0 Å². The van der Waals surface area contributed by atoms with E-state index in [1.165, 1.54) is 5.39 Å². The summed E-state index contributed by atoms with van der Waals surface area (Å²) in [7, 11) is 0. The van der Waals surface area contributed by atoms with Crippen molar-refractivity contribution in [1.82, 2.24) is 5.32 Å². The van der Waals surface area contributed by atoms with Crippen LogP contribution in [-0.4, -0.2) is 11.9 Å². The van der Waals surface area contributed by atoms with Crippen molar-refractivity contribution in [1.29, 1.82) is 0 Å². The zero-order valence-electron chi connectivity index (χ0n) is 12.6. The normalized spacial score (nSPS) is 12.2. The fourth-order valence-corrected chi connectivity index (χ4v) is 2.76. The molecule has 0 aliphatic carbocycles. The molecular weight excluding hydrogens is 274 g/mol. The number of fused-ring (bicyclic) bond motifs is 1. The molecule has 0 bridgehead atoms. The number of rotatable bonds is 5. The van der Waals surface area contributed by atoms with Crippen molar-refractivity contribution in [3.63, 3.8) is 0 Å². The van der Waals surface area contributed by atoms with E-state index in [1.54, 1.807) is 12.5 Å². The first kappa shape index (κ1) is 14.4. The van der Waals surface area contributed by atoms with Crippen LogP contribution in [0.25, 0.3) is 10.8 Å². The third-order valence-corrected chi connectivity index (χ3v) is 3.76. The van der Waals surface area contributed by atoms with Gasteiger partial charge < -0.3 is 9.73 Å².